The van der Waals surface area contributed by atoms with Gasteiger partial charge in [0.05, 0.1) is 6.57 Å². The monoisotopic (exact) mass is 697 g/mol. The highest BCUT2D eigenvalue weighted by molar-refractivity contribution is 6.25. The van der Waals surface area contributed by atoms with Crippen LogP contribution in [0.3, 0.4) is 0 Å². The summed E-state index contributed by atoms with van der Waals surface area (Å²) in [7, 11) is 0. The SMILES string of the molecule is [C-]#[N+]c1cccc2c1oc1c(-c3ccc(-c4ccc5c(-c6cccc7ccccc67)c6ccccc6c(-c6cccc7ccccc67)c5c4)cc3)cccc12. The van der Waals surface area contributed by atoms with Crippen molar-refractivity contribution in [2.24, 2.45) is 0 Å². The average molecular weight is 698 g/mol. The Kier molecular flexibility index (Phi) is 6.96. The van der Waals surface area contributed by atoms with Crippen molar-refractivity contribution in [2.45, 2.75) is 0 Å². The Balaban J connectivity index is 1.15. The molecule has 254 valence electrons. The van der Waals surface area contributed by atoms with Crippen LogP contribution in [0.4, 0.5) is 5.69 Å². The Morgan fingerprint density at radius 2 is 0.782 bits per heavy atom. The lowest BCUT2D eigenvalue weighted by Crippen LogP contribution is -1.93. The molecule has 0 saturated carbocycles. The first kappa shape index (κ1) is 31.1. The second-order valence-corrected chi connectivity index (χ2v) is 14.2. The largest absolute Gasteiger partial charge is 0.466 e. The Bertz CT molecular complexity index is 3370. The fourth-order valence-electron chi connectivity index (χ4n) is 8.79. The van der Waals surface area contributed by atoms with Crippen LogP contribution in [0.15, 0.2) is 192 Å². The maximum atomic E-state index is 7.66. The smallest absolute Gasteiger partial charge is 0.229 e. The number of benzene rings is 10. The van der Waals surface area contributed by atoms with Crippen LogP contribution in [0.1, 0.15) is 0 Å². The van der Waals surface area contributed by atoms with E-state index < -0.39 is 0 Å². The lowest BCUT2D eigenvalue weighted by atomic mass is 9.83. The highest BCUT2D eigenvalue weighted by Crippen LogP contribution is 2.48. The van der Waals surface area contributed by atoms with Crippen molar-refractivity contribution >= 4 is 70.7 Å². The Hall–Kier alpha value is -7.47. The lowest BCUT2D eigenvalue weighted by molar-refractivity contribution is 0.672. The minimum absolute atomic E-state index is 0.533. The van der Waals surface area contributed by atoms with Crippen LogP contribution in [0, 0.1) is 6.57 Å². The van der Waals surface area contributed by atoms with E-state index in [1.165, 1.54) is 65.3 Å². The molecular formula is C53H31NO. The van der Waals surface area contributed by atoms with Crippen molar-refractivity contribution in [3.63, 3.8) is 0 Å². The molecule has 2 nitrogen and oxygen atoms in total. The number of nitrogens with zero attached hydrogens (tertiary/aromatic N) is 1. The molecule has 0 aliphatic carbocycles. The third kappa shape index (κ3) is 4.81. The van der Waals surface area contributed by atoms with Gasteiger partial charge in [-0.25, -0.2) is 4.85 Å². The van der Waals surface area contributed by atoms with Crippen LogP contribution in [-0.4, -0.2) is 0 Å². The molecule has 0 radical (unpaired) electrons. The van der Waals surface area contributed by atoms with Gasteiger partial charge in [0.25, 0.3) is 0 Å². The highest BCUT2D eigenvalue weighted by atomic mass is 16.3. The van der Waals surface area contributed by atoms with Crippen LogP contribution in [-0.2, 0) is 0 Å². The normalized spacial score (nSPS) is 11.6. The molecule has 0 aliphatic heterocycles. The summed E-state index contributed by atoms with van der Waals surface area (Å²) in [5.74, 6) is 0. The topological polar surface area (TPSA) is 17.5 Å². The molecule has 0 spiro atoms. The van der Waals surface area contributed by atoms with E-state index in [0.29, 0.717) is 11.3 Å². The molecule has 0 fully saturated rings. The molecule has 11 rings (SSSR count). The number of furan rings is 1. The average Bonchev–Trinajstić information content (AvgIpc) is 3.65. The van der Waals surface area contributed by atoms with E-state index in [1.807, 2.05) is 18.2 Å². The number of fused-ring (bicyclic) bond motifs is 7. The molecule has 11 aromatic rings. The standard InChI is InChI=1S/C53H31NO/c1-54-49-25-11-24-47-46-23-10-20-40(52(46)55-53(47)49)36-28-26-33(27-29-36)37-30-31-45-48(32-37)51(42-22-9-15-35-13-3-5-17-39(35)42)44-19-7-6-18-43(44)50(45)41-21-8-14-34-12-2-4-16-38(34)41/h2-32H. The zero-order chi connectivity index (χ0) is 36.5. The van der Waals surface area contributed by atoms with Crippen LogP contribution >= 0.6 is 0 Å². The highest BCUT2D eigenvalue weighted by Gasteiger charge is 2.20. The molecule has 10 aromatic carbocycles. The van der Waals surface area contributed by atoms with Gasteiger partial charge in [0.1, 0.15) is 11.2 Å². The zero-order valence-corrected chi connectivity index (χ0v) is 29.8. The Labute approximate surface area is 318 Å². The summed E-state index contributed by atoms with van der Waals surface area (Å²) in [6, 6.07) is 67.5. The lowest BCUT2D eigenvalue weighted by Gasteiger charge is -2.20. The first-order chi connectivity index (χ1) is 27.2. The van der Waals surface area contributed by atoms with E-state index in [2.05, 4.69) is 175 Å². The van der Waals surface area contributed by atoms with Crippen LogP contribution < -0.4 is 0 Å². The van der Waals surface area contributed by atoms with Gasteiger partial charge < -0.3 is 4.42 Å². The first-order valence-electron chi connectivity index (χ1n) is 18.6. The molecular weight excluding hydrogens is 667 g/mol. The summed E-state index contributed by atoms with van der Waals surface area (Å²) >= 11 is 0. The van der Waals surface area contributed by atoms with Crippen LogP contribution in [0.5, 0.6) is 0 Å². The van der Waals surface area contributed by atoms with Gasteiger partial charge in [0.15, 0.2) is 0 Å². The number of rotatable bonds is 4. The molecule has 0 amide bonds. The van der Waals surface area contributed by atoms with E-state index in [1.54, 1.807) is 0 Å². The van der Waals surface area contributed by atoms with Gasteiger partial charge in [0, 0.05) is 16.3 Å². The zero-order valence-electron chi connectivity index (χ0n) is 29.8. The van der Waals surface area contributed by atoms with E-state index in [9.17, 15) is 0 Å². The maximum Gasteiger partial charge on any atom is 0.229 e. The molecule has 0 bridgehead atoms. The Morgan fingerprint density at radius 3 is 1.44 bits per heavy atom. The summed E-state index contributed by atoms with van der Waals surface area (Å²) in [6.45, 7) is 7.66. The quantitative estimate of drug-likeness (QED) is 0.132. The summed E-state index contributed by atoms with van der Waals surface area (Å²) in [6.07, 6.45) is 0. The van der Waals surface area contributed by atoms with Gasteiger partial charge >= 0.3 is 0 Å². The molecule has 1 aromatic heterocycles. The number of hydrogen-bond acceptors (Lipinski definition) is 1. The minimum atomic E-state index is 0.533. The second kappa shape index (κ2) is 12.3. The van der Waals surface area contributed by atoms with Crippen molar-refractivity contribution in [1.29, 1.82) is 0 Å². The van der Waals surface area contributed by atoms with Crippen LogP contribution in [0.2, 0.25) is 0 Å². The van der Waals surface area contributed by atoms with Crippen molar-refractivity contribution in [1.82, 2.24) is 0 Å². The number of hydrogen-bond donors (Lipinski definition) is 0. The van der Waals surface area contributed by atoms with Gasteiger partial charge in [-0.2, -0.15) is 0 Å². The Morgan fingerprint density at radius 1 is 0.327 bits per heavy atom. The first-order valence-corrected chi connectivity index (χ1v) is 18.6. The van der Waals surface area contributed by atoms with Crippen molar-refractivity contribution in [2.75, 3.05) is 0 Å². The third-order valence-electron chi connectivity index (χ3n) is 11.3. The molecule has 0 N–H and O–H groups in total. The molecule has 1 heterocycles. The van der Waals surface area contributed by atoms with E-state index in [-0.39, 0.29) is 0 Å². The predicted octanol–water partition coefficient (Wildman–Crippen LogP) is 15.4. The molecule has 2 heteroatoms. The van der Waals surface area contributed by atoms with Gasteiger partial charge in [-0.15, -0.1) is 0 Å². The fourth-order valence-corrected chi connectivity index (χ4v) is 8.79. The van der Waals surface area contributed by atoms with Crippen molar-refractivity contribution < 1.29 is 4.42 Å². The second-order valence-electron chi connectivity index (χ2n) is 14.2. The van der Waals surface area contributed by atoms with Crippen molar-refractivity contribution in [3.8, 4) is 44.5 Å². The van der Waals surface area contributed by atoms with Gasteiger partial charge in [-0.1, -0.05) is 182 Å². The predicted molar refractivity (Wildman–Crippen MR) is 232 cm³/mol. The number of para-hydroxylation sites is 2. The van der Waals surface area contributed by atoms with E-state index >= 15 is 0 Å². The van der Waals surface area contributed by atoms with E-state index in [4.69, 9.17) is 11.0 Å². The molecule has 0 aliphatic rings. The summed E-state index contributed by atoms with van der Waals surface area (Å²) in [4.78, 5) is 3.71. The maximum absolute atomic E-state index is 7.66. The van der Waals surface area contributed by atoms with Crippen molar-refractivity contribution in [3.05, 3.63) is 199 Å². The molecule has 0 atom stereocenters. The third-order valence-corrected chi connectivity index (χ3v) is 11.3. The molecule has 55 heavy (non-hydrogen) atoms. The summed E-state index contributed by atoms with van der Waals surface area (Å²) in [5, 5.41) is 11.9. The van der Waals surface area contributed by atoms with Gasteiger partial charge in [0.2, 0.25) is 5.69 Å². The van der Waals surface area contributed by atoms with Gasteiger partial charge in [-0.3, -0.25) is 0 Å². The minimum Gasteiger partial charge on any atom is -0.466 e. The van der Waals surface area contributed by atoms with Gasteiger partial charge in [-0.05, 0) is 88.1 Å². The molecule has 0 unspecified atom stereocenters. The summed E-state index contributed by atoms with van der Waals surface area (Å²) in [5.41, 5.74) is 11.3. The van der Waals surface area contributed by atoms with E-state index in [0.717, 1.165) is 38.6 Å². The van der Waals surface area contributed by atoms with Crippen LogP contribution in [0.25, 0.3) is 114 Å². The molecule has 0 saturated heterocycles. The fraction of sp³-hybridized carbons (Fsp3) is 0. The summed E-state index contributed by atoms with van der Waals surface area (Å²) < 4.78 is 6.40.